The van der Waals surface area contributed by atoms with E-state index in [4.69, 9.17) is 14.6 Å². The molecule has 6 nitrogen and oxygen atoms in total. The Morgan fingerprint density at radius 1 is 1.11 bits per heavy atom. The van der Waals surface area contributed by atoms with Crippen LogP contribution >= 0.6 is 0 Å². The summed E-state index contributed by atoms with van der Waals surface area (Å²) < 4.78 is 25.6. The highest BCUT2D eigenvalue weighted by Crippen LogP contribution is 2.49. The maximum absolute atomic E-state index is 14.2. The van der Waals surface area contributed by atoms with Gasteiger partial charge >= 0.3 is 12.1 Å². The van der Waals surface area contributed by atoms with Crippen LogP contribution in [0.4, 0.5) is 9.18 Å². The number of hydrogen-bond acceptors (Lipinski definition) is 4. The highest BCUT2D eigenvalue weighted by Gasteiger charge is 2.51. The van der Waals surface area contributed by atoms with Crippen LogP contribution in [-0.2, 0) is 4.74 Å². The van der Waals surface area contributed by atoms with E-state index in [2.05, 4.69) is 5.32 Å². The molecule has 1 aromatic rings. The molecule has 3 fully saturated rings. The molecule has 0 spiro atoms. The van der Waals surface area contributed by atoms with Crippen LogP contribution in [0.5, 0.6) is 5.75 Å². The number of hydrogen-bond donors (Lipinski definition) is 2. The van der Waals surface area contributed by atoms with Crippen molar-refractivity contribution >= 4 is 12.1 Å². The standard InChI is InChI=1S/C20H26FNO5/c1-18(2,3)27-17(25)22-19-6-9-20(10-7-19,11-8-19)26-15-5-4-13(16(23)24)12-14(15)21/h4-5,12H,6-11H2,1-3H3,(H,22,25)(H,23,24). The van der Waals surface area contributed by atoms with Crippen LogP contribution in [0.2, 0.25) is 0 Å². The van der Waals surface area contributed by atoms with Gasteiger partial charge in [0.05, 0.1) is 5.56 Å². The van der Waals surface area contributed by atoms with Gasteiger partial charge in [-0.1, -0.05) is 0 Å². The summed E-state index contributed by atoms with van der Waals surface area (Å²) in [5.41, 5.74) is -1.41. The zero-order valence-electron chi connectivity index (χ0n) is 15.9. The molecule has 3 saturated carbocycles. The zero-order chi connectivity index (χ0) is 19.9. The second-order valence-electron chi connectivity index (χ2n) is 8.64. The maximum atomic E-state index is 14.2. The average molecular weight is 379 g/mol. The molecule has 4 rings (SSSR count). The fourth-order valence-corrected chi connectivity index (χ4v) is 3.96. The van der Waals surface area contributed by atoms with E-state index in [1.165, 1.54) is 12.1 Å². The molecule has 0 heterocycles. The van der Waals surface area contributed by atoms with Crippen LogP contribution in [0.1, 0.15) is 69.7 Å². The summed E-state index contributed by atoms with van der Waals surface area (Å²) in [7, 11) is 0. The summed E-state index contributed by atoms with van der Waals surface area (Å²) in [5.74, 6) is -1.76. The summed E-state index contributed by atoms with van der Waals surface area (Å²) in [5, 5.41) is 12.0. The first-order valence-corrected chi connectivity index (χ1v) is 9.25. The Bertz CT molecular complexity index is 731. The van der Waals surface area contributed by atoms with Crippen molar-refractivity contribution in [3.05, 3.63) is 29.6 Å². The average Bonchev–Trinajstić information content (AvgIpc) is 2.56. The van der Waals surface area contributed by atoms with Gasteiger partial charge in [-0.25, -0.2) is 14.0 Å². The number of nitrogens with one attached hydrogen (secondary N) is 1. The first-order valence-electron chi connectivity index (χ1n) is 9.25. The Balaban J connectivity index is 1.64. The minimum atomic E-state index is -1.17. The molecule has 0 aromatic heterocycles. The van der Waals surface area contributed by atoms with E-state index < -0.39 is 29.1 Å². The molecule has 0 unspecified atom stereocenters. The Morgan fingerprint density at radius 3 is 2.19 bits per heavy atom. The van der Waals surface area contributed by atoms with Crippen molar-refractivity contribution in [3.63, 3.8) is 0 Å². The van der Waals surface area contributed by atoms with E-state index in [-0.39, 0.29) is 16.9 Å². The maximum Gasteiger partial charge on any atom is 0.408 e. The number of halogens is 1. The molecule has 3 aliphatic carbocycles. The monoisotopic (exact) mass is 379 g/mol. The molecule has 0 radical (unpaired) electrons. The van der Waals surface area contributed by atoms with E-state index in [9.17, 15) is 14.0 Å². The van der Waals surface area contributed by atoms with Gasteiger partial charge in [0.2, 0.25) is 0 Å². The lowest BCUT2D eigenvalue weighted by atomic mass is 9.63. The smallest absolute Gasteiger partial charge is 0.408 e. The normalized spacial score (nSPS) is 27.1. The number of carbonyl (C=O) groups excluding carboxylic acids is 1. The summed E-state index contributed by atoms with van der Waals surface area (Å²) in [6.45, 7) is 5.49. The lowest BCUT2D eigenvalue weighted by molar-refractivity contribution is -0.0567. The second kappa shape index (κ2) is 6.69. The third kappa shape index (κ3) is 4.34. The molecule has 148 valence electrons. The van der Waals surface area contributed by atoms with Gasteiger partial charge in [-0.2, -0.15) is 0 Å². The molecule has 0 atom stereocenters. The number of aromatic carboxylic acids is 1. The highest BCUT2D eigenvalue weighted by atomic mass is 19.1. The van der Waals surface area contributed by atoms with Gasteiger partial charge in [0.15, 0.2) is 11.6 Å². The van der Waals surface area contributed by atoms with E-state index >= 15 is 0 Å². The van der Waals surface area contributed by atoms with Crippen molar-refractivity contribution in [1.82, 2.24) is 5.32 Å². The van der Waals surface area contributed by atoms with Gasteiger partial charge in [-0.3, -0.25) is 0 Å². The van der Waals surface area contributed by atoms with Crippen molar-refractivity contribution < 1.29 is 28.6 Å². The number of rotatable bonds is 4. The third-order valence-corrected chi connectivity index (χ3v) is 5.45. The molecule has 0 saturated heterocycles. The van der Waals surface area contributed by atoms with E-state index in [0.717, 1.165) is 25.3 Å². The Labute approximate surface area is 158 Å². The van der Waals surface area contributed by atoms with Crippen LogP contribution in [0.3, 0.4) is 0 Å². The Hall–Kier alpha value is -2.31. The van der Waals surface area contributed by atoms with Crippen LogP contribution in [0.15, 0.2) is 18.2 Å². The van der Waals surface area contributed by atoms with Crippen molar-refractivity contribution in [1.29, 1.82) is 0 Å². The molecule has 1 amide bonds. The van der Waals surface area contributed by atoms with Crippen molar-refractivity contribution in [2.45, 2.75) is 76.0 Å². The van der Waals surface area contributed by atoms with Gasteiger partial charge < -0.3 is 19.9 Å². The highest BCUT2D eigenvalue weighted by molar-refractivity contribution is 5.87. The van der Waals surface area contributed by atoms with E-state index in [1.807, 2.05) is 20.8 Å². The minimum absolute atomic E-state index is 0.0782. The van der Waals surface area contributed by atoms with Gasteiger partial charge in [-0.05, 0) is 77.5 Å². The largest absolute Gasteiger partial charge is 0.484 e. The number of alkyl carbamates (subject to hydrolysis) is 1. The molecule has 7 heteroatoms. The predicted octanol–water partition coefficient (Wildman–Crippen LogP) is 4.27. The van der Waals surface area contributed by atoms with Gasteiger partial charge in [0, 0.05) is 5.54 Å². The molecule has 2 N–H and O–H groups in total. The quantitative estimate of drug-likeness (QED) is 0.816. The number of carboxylic acid groups (broad SMARTS) is 1. The number of fused-ring (bicyclic) bond motifs is 3. The van der Waals surface area contributed by atoms with Crippen molar-refractivity contribution in [2.75, 3.05) is 0 Å². The Kier molecular flexibility index (Phi) is 4.82. The number of benzene rings is 1. The van der Waals surface area contributed by atoms with Gasteiger partial charge in [0.25, 0.3) is 0 Å². The van der Waals surface area contributed by atoms with Crippen LogP contribution in [-0.4, -0.2) is 33.9 Å². The number of carbonyl (C=O) groups is 2. The number of amides is 1. The first-order chi connectivity index (χ1) is 12.5. The SMILES string of the molecule is CC(C)(C)OC(=O)NC12CCC(Oc3ccc(C(=O)O)cc3F)(CC1)CC2. The number of ether oxygens (including phenoxy) is 2. The van der Waals surface area contributed by atoms with Crippen LogP contribution < -0.4 is 10.1 Å². The second-order valence-corrected chi connectivity index (χ2v) is 8.64. The summed E-state index contributed by atoms with van der Waals surface area (Å²) >= 11 is 0. The molecule has 2 bridgehead atoms. The van der Waals surface area contributed by atoms with Crippen molar-refractivity contribution in [3.8, 4) is 5.75 Å². The third-order valence-electron chi connectivity index (χ3n) is 5.45. The molecular weight excluding hydrogens is 353 g/mol. The lowest BCUT2D eigenvalue weighted by Crippen LogP contribution is -2.60. The van der Waals surface area contributed by atoms with Crippen LogP contribution in [0, 0.1) is 5.82 Å². The number of carboxylic acids is 1. The molecule has 27 heavy (non-hydrogen) atoms. The van der Waals surface area contributed by atoms with Crippen LogP contribution in [0.25, 0.3) is 0 Å². The zero-order valence-corrected chi connectivity index (χ0v) is 15.9. The van der Waals surface area contributed by atoms with E-state index in [0.29, 0.717) is 19.3 Å². The summed E-state index contributed by atoms with van der Waals surface area (Å²) in [4.78, 5) is 23.1. The summed E-state index contributed by atoms with van der Waals surface area (Å²) in [6.07, 6.45) is 3.89. The lowest BCUT2D eigenvalue weighted by Gasteiger charge is -2.53. The summed E-state index contributed by atoms with van der Waals surface area (Å²) in [6, 6.07) is 3.70. The Morgan fingerprint density at radius 2 is 1.70 bits per heavy atom. The first kappa shape index (κ1) is 19.5. The van der Waals surface area contributed by atoms with E-state index in [1.54, 1.807) is 0 Å². The molecule has 1 aromatic carbocycles. The topological polar surface area (TPSA) is 84.9 Å². The fourth-order valence-electron chi connectivity index (χ4n) is 3.96. The van der Waals surface area contributed by atoms with Gasteiger partial charge in [0.1, 0.15) is 11.2 Å². The predicted molar refractivity (Wildman–Crippen MR) is 96.5 cm³/mol. The molecule has 3 aliphatic rings. The van der Waals surface area contributed by atoms with Gasteiger partial charge in [-0.15, -0.1) is 0 Å². The molecular formula is C20H26FNO5. The molecule has 0 aliphatic heterocycles. The minimum Gasteiger partial charge on any atom is -0.484 e. The van der Waals surface area contributed by atoms with Crippen molar-refractivity contribution in [2.24, 2.45) is 0 Å². The fraction of sp³-hybridized carbons (Fsp3) is 0.600.